The van der Waals surface area contributed by atoms with Crippen molar-refractivity contribution in [3.05, 3.63) is 28.3 Å². The first-order valence-electron chi connectivity index (χ1n) is 6.61. The van der Waals surface area contributed by atoms with Crippen molar-refractivity contribution in [3.63, 3.8) is 0 Å². The Labute approximate surface area is 119 Å². The van der Waals surface area contributed by atoms with E-state index in [4.69, 9.17) is 0 Å². The highest BCUT2D eigenvalue weighted by atomic mass is 32.1. The molecular formula is C13H15N3O3S. The van der Waals surface area contributed by atoms with Gasteiger partial charge in [-0.05, 0) is 25.3 Å². The highest BCUT2D eigenvalue weighted by Gasteiger charge is 2.24. The van der Waals surface area contributed by atoms with Gasteiger partial charge in [0, 0.05) is 18.7 Å². The van der Waals surface area contributed by atoms with Crippen LogP contribution in [-0.4, -0.2) is 34.2 Å². The minimum Gasteiger partial charge on any atom is -0.394 e. The molecule has 6 nitrogen and oxygen atoms in total. The van der Waals surface area contributed by atoms with Crippen LogP contribution in [0.5, 0.6) is 0 Å². The van der Waals surface area contributed by atoms with Crippen LogP contribution in [0.3, 0.4) is 0 Å². The molecule has 2 heterocycles. The Kier molecular flexibility index (Phi) is 3.54. The van der Waals surface area contributed by atoms with E-state index >= 15 is 0 Å². The van der Waals surface area contributed by atoms with E-state index in [2.05, 4.69) is 9.88 Å². The summed E-state index contributed by atoms with van der Waals surface area (Å²) in [6, 6.07) is 4.86. The molecule has 0 bridgehead atoms. The summed E-state index contributed by atoms with van der Waals surface area (Å²) in [5, 5.41) is 21.1. The first kappa shape index (κ1) is 13.3. The zero-order chi connectivity index (χ0) is 14.1. The van der Waals surface area contributed by atoms with Gasteiger partial charge in [0.15, 0.2) is 5.13 Å². The van der Waals surface area contributed by atoms with E-state index in [1.807, 2.05) is 0 Å². The number of nitro groups is 1. The smallest absolute Gasteiger partial charge is 0.271 e. The van der Waals surface area contributed by atoms with Gasteiger partial charge in [-0.25, -0.2) is 4.98 Å². The number of aliphatic hydroxyl groups excluding tert-OH is 1. The molecule has 0 saturated carbocycles. The van der Waals surface area contributed by atoms with Gasteiger partial charge >= 0.3 is 0 Å². The molecule has 2 aromatic rings. The average molecular weight is 293 g/mol. The van der Waals surface area contributed by atoms with E-state index in [-0.39, 0.29) is 18.3 Å². The summed E-state index contributed by atoms with van der Waals surface area (Å²) in [5.41, 5.74) is 0.716. The van der Waals surface area contributed by atoms with Crippen molar-refractivity contribution in [2.75, 3.05) is 18.1 Å². The Hall–Kier alpha value is -1.73. The highest BCUT2D eigenvalue weighted by molar-refractivity contribution is 7.22. The lowest BCUT2D eigenvalue weighted by Gasteiger charge is -2.34. The molecule has 1 atom stereocenters. The standard InChI is InChI=1S/C13H15N3O3S/c17-8-10-3-1-2-6-15(10)13-14-11-7-9(16(18)19)4-5-12(11)20-13/h4-5,7,10,17H,1-3,6,8H2. The van der Waals surface area contributed by atoms with Crippen LogP contribution < -0.4 is 4.90 Å². The first-order valence-corrected chi connectivity index (χ1v) is 7.43. The summed E-state index contributed by atoms with van der Waals surface area (Å²) in [6.45, 7) is 1.00. The summed E-state index contributed by atoms with van der Waals surface area (Å²) in [4.78, 5) is 17.0. The lowest BCUT2D eigenvalue weighted by Crippen LogP contribution is -2.41. The van der Waals surface area contributed by atoms with Crippen LogP contribution in [0.1, 0.15) is 19.3 Å². The molecule has 0 spiro atoms. The minimum absolute atomic E-state index is 0.0618. The lowest BCUT2D eigenvalue weighted by molar-refractivity contribution is -0.384. The van der Waals surface area contributed by atoms with Gasteiger partial charge in [0.05, 0.1) is 27.8 Å². The Bertz CT molecular complexity index is 643. The van der Waals surface area contributed by atoms with Gasteiger partial charge in [-0.15, -0.1) is 0 Å². The molecule has 0 radical (unpaired) electrons. The number of nitro benzene ring substituents is 1. The zero-order valence-corrected chi connectivity index (χ0v) is 11.7. The number of fused-ring (bicyclic) bond motifs is 1. The third-order valence-electron chi connectivity index (χ3n) is 3.65. The number of hydrogen-bond acceptors (Lipinski definition) is 6. The Balaban J connectivity index is 1.97. The number of thiazole rings is 1. The Morgan fingerprint density at radius 3 is 3.10 bits per heavy atom. The summed E-state index contributed by atoms with van der Waals surface area (Å²) in [6.07, 6.45) is 3.18. The van der Waals surface area contributed by atoms with E-state index in [0.717, 1.165) is 35.6 Å². The maximum atomic E-state index is 10.8. The van der Waals surface area contributed by atoms with E-state index in [9.17, 15) is 15.2 Å². The summed E-state index contributed by atoms with van der Waals surface area (Å²) >= 11 is 1.52. The van der Waals surface area contributed by atoms with Crippen molar-refractivity contribution in [3.8, 4) is 0 Å². The molecular weight excluding hydrogens is 278 g/mol. The number of piperidine rings is 1. The number of aromatic nitrogens is 1. The average Bonchev–Trinajstić information content (AvgIpc) is 2.89. The summed E-state index contributed by atoms with van der Waals surface area (Å²) in [5.74, 6) is 0. The second kappa shape index (κ2) is 5.34. The fourth-order valence-electron chi connectivity index (χ4n) is 2.58. The predicted octanol–water partition coefficient (Wildman–Crippen LogP) is 2.56. The van der Waals surface area contributed by atoms with Crippen molar-refractivity contribution in [1.29, 1.82) is 0 Å². The van der Waals surface area contributed by atoms with Gasteiger partial charge in [-0.2, -0.15) is 0 Å². The highest BCUT2D eigenvalue weighted by Crippen LogP contribution is 2.34. The predicted molar refractivity (Wildman–Crippen MR) is 78.3 cm³/mol. The van der Waals surface area contributed by atoms with Crippen molar-refractivity contribution in [1.82, 2.24) is 4.98 Å². The largest absolute Gasteiger partial charge is 0.394 e. The third kappa shape index (κ3) is 2.34. The molecule has 1 aliphatic heterocycles. The van der Waals surface area contributed by atoms with E-state index < -0.39 is 4.92 Å². The van der Waals surface area contributed by atoms with E-state index in [1.54, 1.807) is 6.07 Å². The van der Waals surface area contributed by atoms with Gasteiger partial charge < -0.3 is 10.0 Å². The van der Waals surface area contributed by atoms with Gasteiger partial charge in [-0.1, -0.05) is 11.3 Å². The maximum absolute atomic E-state index is 10.8. The summed E-state index contributed by atoms with van der Waals surface area (Å²) < 4.78 is 0.938. The van der Waals surface area contributed by atoms with Crippen LogP contribution in [0, 0.1) is 10.1 Å². The van der Waals surface area contributed by atoms with E-state index in [0.29, 0.717) is 5.52 Å². The molecule has 1 aromatic heterocycles. The topological polar surface area (TPSA) is 79.5 Å². The molecule has 3 rings (SSSR count). The molecule has 106 valence electrons. The Morgan fingerprint density at radius 1 is 1.50 bits per heavy atom. The van der Waals surface area contributed by atoms with Gasteiger partial charge in [0.1, 0.15) is 0 Å². The molecule has 7 heteroatoms. The third-order valence-corrected chi connectivity index (χ3v) is 4.73. The normalized spacial score (nSPS) is 19.4. The monoisotopic (exact) mass is 293 g/mol. The molecule has 1 saturated heterocycles. The molecule has 1 unspecified atom stereocenters. The Morgan fingerprint density at radius 2 is 2.35 bits per heavy atom. The first-order chi connectivity index (χ1) is 9.69. The zero-order valence-electron chi connectivity index (χ0n) is 10.9. The fraction of sp³-hybridized carbons (Fsp3) is 0.462. The minimum atomic E-state index is -0.407. The molecule has 1 aromatic carbocycles. The van der Waals surface area contributed by atoms with Crippen LogP contribution in [0.25, 0.3) is 10.2 Å². The van der Waals surface area contributed by atoms with Crippen molar-refractivity contribution < 1.29 is 10.0 Å². The number of rotatable bonds is 3. The number of hydrogen-bond donors (Lipinski definition) is 1. The van der Waals surface area contributed by atoms with Crippen LogP contribution >= 0.6 is 11.3 Å². The number of nitrogens with zero attached hydrogens (tertiary/aromatic N) is 3. The lowest BCUT2D eigenvalue weighted by atomic mass is 10.0. The molecule has 1 aliphatic rings. The molecule has 1 fully saturated rings. The SMILES string of the molecule is O=[N+]([O-])c1ccc2sc(N3CCCCC3CO)nc2c1. The van der Waals surface area contributed by atoms with Crippen molar-refractivity contribution in [2.24, 2.45) is 0 Å². The van der Waals surface area contributed by atoms with Crippen molar-refractivity contribution in [2.45, 2.75) is 25.3 Å². The fourth-order valence-corrected chi connectivity index (χ4v) is 3.63. The summed E-state index contributed by atoms with van der Waals surface area (Å²) in [7, 11) is 0. The van der Waals surface area contributed by atoms with Crippen LogP contribution in [0.4, 0.5) is 10.8 Å². The van der Waals surface area contributed by atoms with Gasteiger partial charge in [0.25, 0.3) is 5.69 Å². The molecule has 0 aliphatic carbocycles. The van der Waals surface area contributed by atoms with Crippen LogP contribution in [0.15, 0.2) is 18.2 Å². The number of aliphatic hydroxyl groups is 1. The number of anilines is 1. The van der Waals surface area contributed by atoms with E-state index in [1.165, 1.54) is 23.5 Å². The second-order valence-electron chi connectivity index (χ2n) is 4.93. The number of non-ortho nitro benzene ring substituents is 1. The van der Waals surface area contributed by atoms with Crippen LogP contribution in [-0.2, 0) is 0 Å². The van der Waals surface area contributed by atoms with Gasteiger partial charge in [-0.3, -0.25) is 10.1 Å². The van der Waals surface area contributed by atoms with Crippen molar-refractivity contribution >= 4 is 32.4 Å². The molecule has 20 heavy (non-hydrogen) atoms. The second-order valence-corrected chi connectivity index (χ2v) is 5.94. The molecule has 1 N–H and O–H groups in total. The molecule has 0 amide bonds. The maximum Gasteiger partial charge on any atom is 0.271 e. The number of benzene rings is 1. The quantitative estimate of drug-likeness (QED) is 0.695. The van der Waals surface area contributed by atoms with Gasteiger partial charge in [0.2, 0.25) is 0 Å². The van der Waals surface area contributed by atoms with Crippen LogP contribution in [0.2, 0.25) is 0 Å².